The molecule has 2 rings (SSSR count). The maximum absolute atomic E-state index is 11.7. The van der Waals surface area contributed by atoms with E-state index in [1.54, 1.807) is 0 Å². The second-order valence-electron chi connectivity index (χ2n) is 5.26. The maximum Gasteiger partial charge on any atom is 0.138 e. The van der Waals surface area contributed by atoms with Crippen LogP contribution in [0, 0.1) is 23.7 Å². The number of carbonyl (C=O) groups is 1. The van der Waals surface area contributed by atoms with Gasteiger partial charge in [-0.05, 0) is 37.0 Å². The number of hydrogen-bond acceptors (Lipinski definition) is 2. The van der Waals surface area contributed by atoms with Crippen LogP contribution < -0.4 is 0 Å². The molecular weight excluding hydrogens is 176 g/mol. The highest BCUT2D eigenvalue weighted by Crippen LogP contribution is 2.47. The second-order valence-corrected chi connectivity index (χ2v) is 5.26. The van der Waals surface area contributed by atoms with Crippen LogP contribution in [-0.4, -0.2) is 17.0 Å². The highest BCUT2D eigenvalue weighted by molar-refractivity contribution is 5.83. The number of rotatable bonds is 1. The molecule has 0 aromatic heterocycles. The normalized spacial score (nSPS) is 43.0. The van der Waals surface area contributed by atoms with Crippen LogP contribution in [-0.2, 0) is 4.79 Å². The van der Waals surface area contributed by atoms with Gasteiger partial charge in [0.2, 0.25) is 0 Å². The smallest absolute Gasteiger partial charge is 0.138 e. The summed E-state index contributed by atoms with van der Waals surface area (Å²) in [5.74, 6) is 1.95. The van der Waals surface area contributed by atoms with Crippen molar-refractivity contribution in [2.75, 3.05) is 0 Å². The summed E-state index contributed by atoms with van der Waals surface area (Å²) >= 11 is 0. The summed E-state index contributed by atoms with van der Waals surface area (Å²) < 4.78 is 0. The van der Waals surface area contributed by atoms with Crippen molar-refractivity contribution in [3.05, 3.63) is 0 Å². The predicted octanol–water partition coefficient (Wildman–Crippen LogP) is 2.01. The van der Waals surface area contributed by atoms with E-state index in [1.165, 1.54) is 0 Å². The number of ketones is 1. The number of carbonyl (C=O) groups excluding carboxylic acids is 1. The fourth-order valence-electron chi connectivity index (χ4n) is 3.44. The van der Waals surface area contributed by atoms with E-state index in [4.69, 9.17) is 0 Å². The van der Waals surface area contributed by atoms with Gasteiger partial charge >= 0.3 is 0 Å². The Morgan fingerprint density at radius 3 is 2.79 bits per heavy atom. The first-order valence-corrected chi connectivity index (χ1v) is 5.82. The topological polar surface area (TPSA) is 37.3 Å². The zero-order valence-electron chi connectivity index (χ0n) is 9.07. The van der Waals surface area contributed by atoms with Gasteiger partial charge in [-0.15, -0.1) is 0 Å². The molecule has 80 valence electrons. The standard InChI is InChI=1S/C12H20O2/c1-7(2)9-6-11(14)12-8(9)4-3-5-10(12)13/h7-9,11-12,14H,3-6H2,1-2H3. The van der Waals surface area contributed by atoms with E-state index in [9.17, 15) is 9.90 Å². The summed E-state index contributed by atoms with van der Waals surface area (Å²) in [6.45, 7) is 4.41. The van der Waals surface area contributed by atoms with Crippen molar-refractivity contribution < 1.29 is 9.90 Å². The SMILES string of the molecule is CC(C)C1CC(O)C2C(=O)CCCC12. The lowest BCUT2D eigenvalue weighted by molar-refractivity contribution is -0.129. The van der Waals surface area contributed by atoms with Crippen molar-refractivity contribution in [1.82, 2.24) is 0 Å². The Morgan fingerprint density at radius 2 is 2.14 bits per heavy atom. The van der Waals surface area contributed by atoms with Crippen LogP contribution in [0.1, 0.15) is 39.5 Å². The Balaban J connectivity index is 2.18. The molecule has 0 bridgehead atoms. The van der Waals surface area contributed by atoms with Crippen molar-refractivity contribution in [2.45, 2.75) is 45.6 Å². The van der Waals surface area contributed by atoms with Crippen molar-refractivity contribution in [3.63, 3.8) is 0 Å². The maximum atomic E-state index is 11.7. The number of fused-ring (bicyclic) bond motifs is 1. The molecule has 0 radical (unpaired) electrons. The van der Waals surface area contributed by atoms with E-state index in [0.717, 1.165) is 19.3 Å². The van der Waals surface area contributed by atoms with Crippen LogP contribution in [0.2, 0.25) is 0 Å². The first-order chi connectivity index (χ1) is 6.61. The van der Waals surface area contributed by atoms with E-state index >= 15 is 0 Å². The van der Waals surface area contributed by atoms with Gasteiger partial charge < -0.3 is 5.11 Å². The molecule has 2 saturated carbocycles. The molecule has 4 unspecified atom stereocenters. The van der Waals surface area contributed by atoms with Gasteiger partial charge in [-0.25, -0.2) is 0 Å². The first-order valence-electron chi connectivity index (χ1n) is 5.82. The van der Waals surface area contributed by atoms with Gasteiger partial charge in [-0.3, -0.25) is 4.79 Å². The van der Waals surface area contributed by atoms with E-state index in [1.807, 2.05) is 0 Å². The quantitative estimate of drug-likeness (QED) is 0.696. The minimum atomic E-state index is -0.347. The Hall–Kier alpha value is -0.370. The van der Waals surface area contributed by atoms with Crippen LogP contribution >= 0.6 is 0 Å². The molecule has 2 heteroatoms. The lowest BCUT2D eigenvalue weighted by Gasteiger charge is -2.30. The average molecular weight is 196 g/mol. The third kappa shape index (κ3) is 1.50. The number of aliphatic hydroxyl groups excluding tert-OH is 1. The van der Waals surface area contributed by atoms with Crippen molar-refractivity contribution >= 4 is 5.78 Å². The van der Waals surface area contributed by atoms with Crippen LogP contribution in [0.15, 0.2) is 0 Å². The van der Waals surface area contributed by atoms with Crippen LogP contribution in [0.4, 0.5) is 0 Å². The molecule has 0 amide bonds. The first kappa shape index (κ1) is 10.2. The summed E-state index contributed by atoms with van der Waals surface area (Å²) in [6, 6.07) is 0. The molecule has 0 aromatic carbocycles. The fourth-order valence-corrected chi connectivity index (χ4v) is 3.44. The van der Waals surface area contributed by atoms with Crippen LogP contribution in [0.3, 0.4) is 0 Å². The molecule has 0 heterocycles. The molecule has 2 nitrogen and oxygen atoms in total. The molecule has 2 fully saturated rings. The molecule has 1 N–H and O–H groups in total. The summed E-state index contributed by atoms with van der Waals surface area (Å²) in [7, 11) is 0. The Morgan fingerprint density at radius 1 is 1.43 bits per heavy atom. The summed E-state index contributed by atoms with van der Waals surface area (Å²) in [5.41, 5.74) is 0. The van der Waals surface area contributed by atoms with Gasteiger partial charge in [0.25, 0.3) is 0 Å². The van der Waals surface area contributed by atoms with Gasteiger partial charge in [-0.2, -0.15) is 0 Å². The molecule has 0 spiro atoms. The molecule has 2 aliphatic carbocycles. The molecule has 2 aliphatic rings. The third-order valence-corrected chi connectivity index (χ3v) is 4.13. The second kappa shape index (κ2) is 3.65. The summed E-state index contributed by atoms with van der Waals surface area (Å²) in [4.78, 5) is 11.7. The van der Waals surface area contributed by atoms with Crippen molar-refractivity contribution in [1.29, 1.82) is 0 Å². The molecule has 0 aliphatic heterocycles. The number of Topliss-reactive ketones (excluding diaryl/α,β-unsaturated/α-hetero) is 1. The van der Waals surface area contributed by atoms with E-state index in [0.29, 0.717) is 30.0 Å². The highest BCUT2D eigenvalue weighted by atomic mass is 16.3. The lowest BCUT2D eigenvalue weighted by Crippen LogP contribution is -2.33. The van der Waals surface area contributed by atoms with Gasteiger partial charge in [0.15, 0.2) is 0 Å². The zero-order chi connectivity index (χ0) is 10.3. The fraction of sp³-hybridized carbons (Fsp3) is 0.917. The minimum Gasteiger partial charge on any atom is -0.392 e. The van der Waals surface area contributed by atoms with Crippen molar-refractivity contribution in [3.8, 4) is 0 Å². The summed E-state index contributed by atoms with van der Waals surface area (Å²) in [5, 5.41) is 9.89. The average Bonchev–Trinajstić information content (AvgIpc) is 2.45. The Kier molecular flexibility index (Phi) is 2.65. The van der Waals surface area contributed by atoms with Crippen LogP contribution in [0.5, 0.6) is 0 Å². The van der Waals surface area contributed by atoms with E-state index in [2.05, 4.69) is 13.8 Å². The number of aliphatic hydroxyl groups is 1. The van der Waals surface area contributed by atoms with Gasteiger partial charge in [0, 0.05) is 12.3 Å². The predicted molar refractivity (Wildman–Crippen MR) is 54.8 cm³/mol. The van der Waals surface area contributed by atoms with Crippen molar-refractivity contribution in [2.24, 2.45) is 23.7 Å². The number of hydrogen-bond donors (Lipinski definition) is 1. The largest absolute Gasteiger partial charge is 0.392 e. The molecule has 4 atom stereocenters. The van der Waals surface area contributed by atoms with Gasteiger partial charge in [0.1, 0.15) is 5.78 Å². The molecule has 14 heavy (non-hydrogen) atoms. The van der Waals surface area contributed by atoms with Gasteiger partial charge in [0.05, 0.1) is 6.10 Å². The van der Waals surface area contributed by atoms with Crippen LogP contribution in [0.25, 0.3) is 0 Å². The lowest BCUT2D eigenvalue weighted by atomic mass is 9.74. The molecule has 0 aromatic rings. The third-order valence-electron chi connectivity index (χ3n) is 4.13. The summed E-state index contributed by atoms with van der Waals surface area (Å²) in [6.07, 6.45) is 3.38. The monoisotopic (exact) mass is 196 g/mol. The minimum absolute atomic E-state index is 0.0175. The Bertz CT molecular complexity index is 234. The Labute approximate surface area is 85.7 Å². The van der Waals surface area contributed by atoms with Gasteiger partial charge in [-0.1, -0.05) is 13.8 Å². The zero-order valence-corrected chi connectivity index (χ0v) is 9.07. The van der Waals surface area contributed by atoms with E-state index < -0.39 is 0 Å². The highest BCUT2D eigenvalue weighted by Gasteiger charge is 2.48. The molecular formula is C12H20O2. The molecule has 0 saturated heterocycles. The van der Waals surface area contributed by atoms with E-state index in [-0.39, 0.29) is 12.0 Å².